The number of carbonyl (C=O) groups excluding carboxylic acids is 1. The molecule has 0 fully saturated rings. The Morgan fingerprint density at radius 1 is 0.696 bits per heavy atom. The van der Waals surface area contributed by atoms with E-state index in [-0.39, 0.29) is 19.6 Å². The molecule has 0 bridgehead atoms. The number of hydrogen-bond donors (Lipinski definition) is 0. The summed E-state index contributed by atoms with van der Waals surface area (Å²) >= 11 is 0. The molecule has 3 rings (SSSR count). The van der Waals surface area contributed by atoms with Gasteiger partial charge in [0.25, 0.3) is 0 Å². The third-order valence-electron chi connectivity index (χ3n) is 3.82. The second kappa shape index (κ2) is 7.76. The molecule has 0 radical (unpaired) electrons. The van der Waals surface area contributed by atoms with Gasteiger partial charge in [-0.05, 0) is 16.9 Å². The van der Waals surface area contributed by atoms with Gasteiger partial charge in [-0.1, -0.05) is 91.0 Å². The normalized spacial score (nSPS) is 11.3. The zero-order chi connectivity index (χ0) is 15.9. The maximum Gasteiger partial charge on any atom is 0.185 e. The fourth-order valence-electron chi connectivity index (χ4n) is 2.62. The Hall–Kier alpha value is -2.37. The predicted octanol–water partition coefficient (Wildman–Crippen LogP) is 4.87. The highest BCUT2D eigenvalue weighted by atomic mass is 31.1. The van der Waals surface area contributed by atoms with Crippen molar-refractivity contribution < 1.29 is 4.79 Å². The number of ketones is 1. The molecule has 1 unspecified atom stereocenters. The van der Waals surface area contributed by atoms with Crippen LogP contribution in [0.5, 0.6) is 0 Å². The topological polar surface area (TPSA) is 17.1 Å². The van der Waals surface area contributed by atoms with Crippen LogP contribution in [0.1, 0.15) is 27.1 Å². The van der Waals surface area contributed by atoms with E-state index in [4.69, 9.17) is 0 Å². The average molecular weight is 318 g/mol. The Labute approximate surface area is 138 Å². The highest BCUT2D eigenvalue weighted by Crippen LogP contribution is 2.34. The van der Waals surface area contributed by atoms with E-state index >= 15 is 0 Å². The van der Waals surface area contributed by atoms with Gasteiger partial charge in [0.15, 0.2) is 5.78 Å². The maximum atomic E-state index is 12.4. The van der Waals surface area contributed by atoms with Crippen LogP contribution in [0, 0.1) is 0 Å². The lowest BCUT2D eigenvalue weighted by Gasteiger charge is -2.14. The molecule has 0 amide bonds. The van der Waals surface area contributed by atoms with Crippen molar-refractivity contribution in [3.8, 4) is 0 Å². The van der Waals surface area contributed by atoms with Crippen molar-refractivity contribution in [1.82, 2.24) is 0 Å². The highest BCUT2D eigenvalue weighted by Gasteiger charge is 2.10. The van der Waals surface area contributed by atoms with Gasteiger partial charge < -0.3 is 0 Å². The Morgan fingerprint density at radius 3 is 1.61 bits per heavy atom. The van der Waals surface area contributed by atoms with E-state index in [9.17, 15) is 4.79 Å². The van der Waals surface area contributed by atoms with Gasteiger partial charge in [-0.2, -0.15) is 0 Å². The molecule has 0 aliphatic rings. The third-order valence-corrected chi connectivity index (χ3v) is 5.47. The average Bonchev–Trinajstić information content (AvgIpc) is 2.64. The standard InChI is InChI=1S/C21H19OP/c22-20(17-10-4-1-5-11-17)16-23-21(18-12-6-2-7-13-18)19-14-8-3-9-15-19/h1-16,21H,23H2. The SMILES string of the molecule is O=C(C=[PH2]C(c1ccccc1)c1ccccc1)c1ccccc1. The van der Waals surface area contributed by atoms with Crippen LogP contribution < -0.4 is 0 Å². The lowest BCUT2D eigenvalue weighted by atomic mass is 10.0. The first-order valence-electron chi connectivity index (χ1n) is 7.72. The van der Waals surface area contributed by atoms with Crippen molar-refractivity contribution in [2.24, 2.45) is 0 Å². The van der Waals surface area contributed by atoms with Gasteiger partial charge in [0, 0.05) is 11.2 Å². The molecule has 0 aromatic heterocycles. The molecule has 0 aliphatic carbocycles. The second-order valence-corrected chi connectivity index (χ2v) is 6.77. The number of benzene rings is 3. The van der Waals surface area contributed by atoms with Crippen molar-refractivity contribution in [1.29, 1.82) is 0 Å². The van der Waals surface area contributed by atoms with Gasteiger partial charge in [0.05, 0.1) is 0 Å². The van der Waals surface area contributed by atoms with E-state index in [0.717, 1.165) is 5.56 Å². The predicted molar refractivity (Wildman–Crippen MR) is 101 cm³/mol. The Balaban J connectivity index is 1.91. The fraction of sp³-hybridized carbons (Fsp3) is 0.0476. The fourth-order valence-corrected chi connectivity index (χ4v) is 4.07. The molecule has 0 saturated heterocycles. The van der Waals surface area contributed by atoms with Crippen LogP contribution >= 0.6 is 8.20 Å². The lowest BCUT2D eigenvalue weighted by Crippen LogP contribution is -2.00. The minimum atomic E-state index is -0.164. The summed E-state index contributed by atoms with van der Waals surface area (Å²) in [5.74, 6) is 2.01. The van der Waals surface area contributed by atoms with Gasteiger partial charge in [-0.25, -0.2) is 0 Å². The largest absolute Gasteiger partial charge is 0.289 e. The lowest BCUT2D eigenvalue weighted by molar-refractivity contribution is 0.107. The summed E-state index contributed by atoms with van der Waals surface area (Å²) in [7, 11) is -0.164. The summed E-state index contributed by atoms with van der Waals surface area (Å²) in [6.07, 6.45) is 0. The molecule has 0 saturated carbocycles. The molecule has 0 N–H and O–H groups in total. The summed E-state index contributed by atoms with van der Waals surface area (Å²) < 4.78 is 0. The summed E-state index contributed by atoms with van der Waals surface area (Å²) in [4.78, 5) is 12.4. The third kappa shape index (κ3) is 4.09. The van der Waals surface area contributed by atoms with E-state index < -0.39 is 0 Å². The summed E-state index contributed by atoms with van der Waals surface area (Å²) in [6.45, 7) is 0. The van der Waals surface area contributed by atoms with Crippen molar-refractivity contribution in [2.75, 3.05) is 0 Å². The van der Waals surface area contributed by atoms with E-state index in [2.05, 4.69) is 48.5 Å². The summed E-state index contributed by atoms with van der Waals surface area (Å²) in [5, 5.41) is 0. The summed E-state index contributed by atoms with van der Waals surface area (Å²) in [6, 6.07) is 30.4. The van der Waals surface area contributed by atoms with Crippen LogP contribution in [-0.4, -0.2) is 11.6 Å². The number of carbonyl (C=O) groups is 1. The Morgan fingerprint density at radius 2 is 1.13 bits per heavy atom. The molecule has 3 aromatic rings. The molecule has 0 aliphatic heterocycles. The van der Waals surface area contributed by atoms with Gasteiger partial charge in [0.2, 0.25) is 0 Å². The van der Waals surface area contributed by atoms with Crippen LogP contribution in [0.4, 0.5) is 0 Å². The van der Waals surface area contributed by atoms with Gasteiger partial charge in [-0.3, -0.25) is 4.79 Å². The van der Waals surface area contributed by atoms with Crippen LogP contribution in [0.3, 0.4) is 0 Å². The first kappa shape index (κ1) is 15.5. The van der Waals surface area contributed by atoms with E-state index in [1.165, 1.54) is 11.1 Å². The zero-order valence-electron chi connectivity index (χ0n) is 12.8. The number of hydrogen-bond acceptors (Lipinski definition) is 1. The molecule has 2 heteroatoms. The van der Waals surface area contributed by atoms with Crippen molar-refractivity contribution in [3.05, 3.63) is 108 Å². The molecular weight excluding hydrogens is 299 g/mol. The van der Waals surface area contributed by atoms with Crippen molar-refractivity contribution in [3.63, 3.8) is 0 Å². The minimum absolute atomic E-state index is 0.123. The van der Waals surface area contributed by atoms with Crippen LogP contribution in [-0.2, 0) is 0 Å². The monoisotopic (exact) mass is 318 g/mol. The van der Waals surface area contributed by atoms with Crippen LogP contribution in [0.2, 0.25) is 0 Å². The van der Waals surface area contributed by atoms with E-state index in [1.54, 1.807) is 0 Å². The van der Waals surface area contributed by atoms with Crippen molar-refractivity contribution in [2.45, 2.75) is 5.66 Å². The minimum Gasteiger partial charge on any atom is -0.289 e. The Bertz CT molecular complexity index is 740. The highest BCUT2D eigenvalue weighted by molar-refractivity contribution is 7.42. The first-order chi connectivity index (χ1) is 11.3. The molecule has 0 spiro atoms. The zero-order valence-corrected chi connectivity index (χ0v) is 14.0. The molecule has 114 valence electrons. The van der Waals surface area contributed by atoms with Gasteiger partial charge >= 0.3 is 0 Å². The van der Waals surface area contributed by atoms with Gasteiger partial charge in [0.1, 0.15) is 0 Å². The quantitative estimate of drug-likeness (QED) is 0.484. The number of rotatable bonds is 5. The molecule has 3 aromatic carbocycles. The van der Waals surface area contributed by atoms with Crippen molar-refractivity contribution >= 4 is 19.8 Å². The van der Waals surface area contributed by atoms with E-state index in [0.29, 0.717) is 0 Å². The molecule has 23 heavy (non-hydrogen) atoms. The van der Waals surface area contributed by atoms with Crippen LogP contribution in [0.15, 0.2) is 91.0 Å². The van der Waals surface area contributed by atoms with E-state index in [1.807, 2.05) is 48.3 Å². The maximum absolute atomic E-state index is 12.4. The molecule has 1 atom stereocenters. The number of Topliss-reactive ketones (excluding diaryl/α,β-unsaturated/α-hetero) is 1. The molecule has 1 nitrogen and oxygen atoms in total. The smallest absolute Gasteiger partial charge is 0.185 e. The Kier molecular flexibility index (Phi) is 5.24. The molecular formula is C21H19OP. The van der Waals surface area contributed by atoms with Crippen LogP contribution in [0.25, 0.3) is 0 Å². The molecule has 0 heterocycles. The summed E-state index contributed by atoms with van der Waals surface area (Å²) in [5.41, 5.74) is 3.58. The first-order valence-corrected chi connectivity index (χ1v) is 9.05. The van der Waals surface area contributed by atoms with Gasteiger partial charge in [-0.15, -0.1) is 8.20 Å². The second-order valence-electron chi connectivity index (χ2n) is 5.39.